The van der Waals surface area contributed by atoms with E-state index in [1.54, 1.807) is 35.4 Å². The van der Waals surface area contributed by atoms with Crippen molar-refractivity contribution in [3.8, 4) is 11.3 Å². The van der Waals surface area contributed by atoms with E-state index >= 15 is 0 Å². The van der Waals surface area contributed by atoms with Gasteiger partial charge in [0.25, 0.3) is 0 Å². The minimum Gasteiger partial charge on any atom is -0.389 e. The van der Waals surface area contributed by atoms with Crippen molar-refractivity contribution < 1.29 is 13.5 Å². The lowest BCUT2D eigenvalue weighted by molar-refractivity contribution is 0.126. The molecule has 1 atom stereocenters. The number of aliphatic hydroxyl groups is 1. The molecular formula is C23H30N8O4S. The number of nitrogens with zero attached hydrogens (tertiary/aromatic N) is 3. The van der Waals surface area contributed by atoms with Crippen LogP contribution in [0.5, 0.6) is 0 Å². The summed E-state index contributed by atoms with van der Waals surface area (Å²) in [5.74, 6) is 0.270. The van der Waals surface area contributed by atoms with Crippen LogP contribution >= 0.6 is 0 Å². The monoisotopic (exact) mass is 514 g/mol. The van der Waals surface area contributed by atoms with Crippen LogP contribution in [0.3, 0.4) is 0 Å². The number of aliphatic hydroxyl groups excluding tert-OH is 1. The summed E-state index contributed by atoms with van der Waals surface area (Å²) in [6, 6.07) is 8.34. The number of guanidine groups is 1. The summed E-state index contributed by atoms with van der Waals surface area (Å²) >= 11 is 0. The first-order valence-corrected chi connectivity index (χ1v) is 13.5. The Labute approximate surface area is 208 Å². The Morgan fingerprint density at radius 2 is 1.92 bits per heavy atom. The van der Waals surface area contributed by atoms with E-state index in [1.165, 1.54) is 4.57 Å². The number of nitrogens with one attached hydrogen (secondary N) is 5. The van der Waals surface area contributed by atoms with Crippen molar-refractivity contribution >= 4 is 27.0 Å². The number of aromatic amines is 1. The van der Waals surface area contributed by atoms with Crippen LogP contribution in [0.25, 0.3) is 22.3 Å². The zero-order valence-electron chi connectivity index (χ0n) is 19.7. The molecule has 0 bridgehead atoms. The van der Waals surface area contributed by atoms with E-state index in [-0.39, 0.29) is 30.0 Å². The number of sulfonamides is 1. The van der Waals surface area contributed by atoms with E-state index in [4.69, 9.17) is 5.41 Å². The Hall–Kier alpha value is -3.26. The zero-order chi connectivity index (χ0) is 25.3. The molecule has 3 aromatic rings. The summed E-state index contributed by atoms with van der Waals surface area (Å²) < 4.78 is 29.7. The highest BCUT2D eigenvalue weighted by molar-refractivity contribution is 7.89. The van der Waals surface area contributed by atoms with E-state index in [0.29, 0.717) is 29.8 Å². The van der Waals surface area contributed by atoms with Gasteiger partial charge in [0.15, 0.2) is 5.96 Å². The highest BCUT2D eigenvalue weighted by atomic mass is 32.2. The second kappa shape index (κ2) is 10.0. The maximum absolute atomic E-state index is 12.8. The molecule has 0 amide bonds. The van der Waals surface area contributed by atoms with Crippen molar-refractivity contribution in [1.82, 2.24) is 34.8 Å². The van der Waals surface area contributed by atoms with Gasteiger partial charge in [-0.15, -0.1) is 0 Å². The highest BCUT2D eigenvalue weighted by Crippen LogP contribution is 2.24. The fraction of sp³-hybridized carbons (Fsp3) is 0.435. The minimum atomic E-state index is -3.61. The van der Waals surface area contributed by atoms with E-state index < -0.39 is 21.8 Å². The molecule has 2 aromatic heterocycles. The Morgan fingerprint density at radius 3 is 2.61 bits per heavy atom. The van der Waals surface area contributed by atoms with Gasteiger partial charge in [-0.3, -0.25) is 9.98 Å². The summed E-state index contributed by atoms with van der Waals surface area (Å²) in [6.07, 6.45) is 2.33. The lowest BCUT2D eigenvalue weighted by Gasteiger charge is -2.23. The number of fused-ring (bicyclic) bond motifs is 1. The standard InChI is InChI=1S/C23H30N8O4S/c24-22-26-9-10-30(22)13-18(32)14-31-12-16-11-20(27-21(16)28-23(31)33)15-1-3-19(4-2-15)36(34,35)29-17-5-7-25-8-6-17/h1-4,11-12,17-18,25,29,32H,5-10,13-14H2,(H2,24,26)(H,27,28,33). The van der Waals surface area contributed by atoms with Gasteiger partial charge in [-0.25, -0.2) is 17.9 Å². The third kappa shape index (κ3) is 5.28. The molecule has 192 valence electrons. The second-order valence-electron chi connectivity index (χ2n) is 9.21. The van der Waals surface area contributed by atoms with Crippen LogP contribution in [0, 0.1) is 5.41 Å². The summed E-state index contributed by atoms with van der Waals surface area (Å²) in [7, 11) is -3.61. The summed E-state index contributed by atoms with van der Waals surface area (Å²) in [5, 5.41) is 25.0. The van der Waals surface area contributed by atoms with Crippen molar-refractivity contribution in [2.75, 3.05) is 32.7 Å². The van der Waals surface area contributed by atoms with Gasteiger partial charge in [0.05, 0.1) is 17.5 Å². The smallest absolute Gasteiger partial charge is 0.349 e. The van der Waals surface area contributed by atoms with Crippen LogP contribution in [0.1, 0.15) is 12.8 Å². The molecular weight excluding hydrogens is 484 g/mol. The van der Waals surface area contributed by atoms with Crippen molar-refractivity contribution in [2.24, 2.45) is 0 Å². The van der Waals surface area contributed by atoms with Crippen molar-refractivity contribution in [3.63, 3.8) is 0 Å². The van der Waals surface area contributed by atoms with E-state index in [0.717, 1.165) is 31.5 Å². The molecule has 1 unspecified atom stereocenters. The Bertz CT molecular complexity index is 1410. The molecule has 0 radical (unpaired) electrons. The predicted molar refractivity (Wildman–Crippen MR) is 135 cm³/mol. The predicted octanol–water partition coefficient (Wildman–Crippen LogP) is -0.377. The van der Waals surface area contributed by atoms with Crippen molar-refractivity contribution in [2.45, 2.75) is 36.4 Å². The maximum atomic E-state index is 12.8. The van der Waals surface area contributed by atoms with Crippen LogP contribution in [-0.4, -0.2) is 83.8 Å². The number of H-pyrrole nitrogens is 1. The average molecular weight is 515 g/mol. The number of benzene rings is 1. The van der Waals surface area contributed by atoms with Crippen LogP contribution in [-0.2, 0) is 16.6 Å². The van der Waals surface area contributed by atoms with Gasteiger partial charge in [0.1, 0.15) is 5.65 Å². The van der Waals surface area contributed by atoms with Crippen LogP contribution < -0.4 is 21.0 Å². The molecule has 2 aliphatic heterocycles. The first kappa shape index (κ1) is 24.4. The first-order valence-electron chi connectivity index (χ1n) is 12.0. The number of hydrogen-bond donors (Lipinski definition) is 6. The van der Waals surface area contributed by atoms with Crippen LogP contribution in [0.2, 0.25) is 0 Å². The summed E-state index contributed by atoms with van der Waals surface area (Å²) in [5.41, 5.74) is 1.38. The third-order valence-corrected chi connectivity index (χ3v) is 8.08. The Balaban J connectivity index is 1.30. The van der Waals surface area contributed by atoms with Crippen LogP contribution in [0.15, 0.2) is 46.2 Å². The molecule has 13 heteroatoms. The van der Waals surface area contributed by atoms with Gasteiger partial charge in [-0.2, -0.15) is 4.98 Å². The Morgan fingerprint density at radius 1 is 1.17 bits per heavy atom. The second-order valence-corrected chi connectivity index (χ2v) is 10.9. The summed E-state index contributed by atoms with van der Waals surface area (Å²) in [4.78, 5) is 21.7. The number of rotatable bonds is 8. The SMILES string of the molecule is N=C1NCCN1CC(O)Cn1cc2cc(-c3ccc(S(=O)(=O)NC4CCNCC4)cc3)[nH]c2nc1=O. The first-order chi connectivity index (χ1) is 17.3. The maximum Gasteiger partial charge on any atom is 0.349 e. The minimum absolute atomic E-state index is 0.0582. The van der Waals surface area contributed by atoms with Crippen LogP contribution in [0.4, 0.5) is 0 Å². The fourth-order valence-electron chi connectivity index (χ4n) is 4.62. The molecule has 6 N–H and O–H groups in total. The molecule has 36 heavy (non-hydrogen) atoms. The highest BCUT2D eigenvalue weighted by Gasteiger charge is 2.22. The normalized spacial score (nSPS) is 18.0. The Kier molecular flexibility index (Phi) is 6.79. The molecule has 1 aromatic carbocycles. The van der Waals surface area contributed by atoms with E-state index in [9.17, 15) is 18.3 Å². The number of aromatic nitrogens is 3. The van der Waals surface area contributed by atoms with E-state index in [2.05, 4.69) is 25.3 Å². The molecule has 4 heterocycles. The quantitative estimate of drug-likeness (QED) is 0.236. The molecule has 2 saturated heterocycles. The lowest BCUT2D eigenvalue weighted by Crippen LogP contribution is -2.42. The molecule has 2 aliphatic rings. The van der Waals surface area contributed by atoms with Gasteiger partial charge >= 0.3 is 5.69 Å². The van der Waals surface area contributed by atoms with E-state index in [1.807, 2.05) is 6.07 Å². The third-order valence-electron chi connectivity index (χ3n) is 6.54. The number of β-amino-alcohol motifs (C(OH)–C–C–N with tert-alkyl or cyclic N) is 1. The number of piperidine rings is 1. The molecule has 0 saturated carbocycles. The number of hydrogen-bond acceptors (Lipinski definition) is 7. The molecule has 0 aliphatic carbocycles. The van der Waals surface area contributed by atoms with Gasteiger partial charge in [-0.1, -0.05) is 12.1 Å². The van der Waals surface area contributed by atoms with Crippen molar-refractivity contribution in [1.29, 1.82) is 5.41 Å². The van der Waals surface area contributed by atoms with Gasteiger partial charge < -0.3 is 25.6 Å². The van der Waals surface area contributed by atoms with Gasteiger partial charge in [-0.05, 0) is 49.7 Å². The fourth-order valence-corrected chi connectivity index (χ4v) is 5.92. The zero-order valence-corrected chi connectivity index (χ0v) is 20.5. The molecule has 5 rings (SSSR count). The molecule has 2 fully saturated rings. The molecule has 12 nitrogen and oxygen atoms in total. The topological polar surface area (TPSA) is 168 Å². The van der Waals surface area contributed by atoms with Gasteiger partial charge in [0, 0.05) is 43.0 Å². The van der Waals surface area contributed by atoms with Gasteiger partial charge in [0.2, 0.25) is 10.0 Å². The van der Waals surface area contributed by atoms with Crippen molar-refractivity contribution in [3.05, 3.63) is 47.0 Å². The largest absolute Gasteiger partial charge is 0.389 e. The molecule has 0 spiro atoms. The average Bonchev–Trinajstić information content (AvgIpc) is 3.45. The lowest BCUT2D eigenvalue weighted by atomic mass is 10.1. The summed E-state index contributed by atoms with van der Waals surface area (Å²) in [6.45, 7) is 3.19.